The Morgan fingerprint density at radius 2 is 1.82 bits per heavy atom. The van der Waals surface area contributed by atoms with Crippen molar-refractivity contribution in [2.75, 3.05) is 14.2 Å². The molecule has 0 amide bonds. The van der Waals surface area contributed by atoms with E-state index in [2.05, 4.69) is 74.3 Å². The predicted octanol–water partition coefficient (Wildman–Crippen LogP) is 6.49. The summed E-state index contributed by atoms with van der Waals surface area (Å²) < 4.78 is 14.2. The molecule has 0 N–H and O–H groups in total. The minimum atomic E-state index is -0.211. The third-order valence-corrected chi connectivity index (χ3v) is 5.87. The van der Waals surface area contributed by atoms with Crippen molar-refractivity contribution in [3.05, 3.63) is 78.1 Å². The molecule has 0 radical (unpaired) electrons. The SMILES string of the molecule is C=C/C(=C(\C=C/C)OC)c1nc(C2CC(C)(C)OC(C)(C)C2)cn1-c1ccc(C=NC)cc1. The molecular formula is C28H37N3O2. The van der Waals surface area contributed by atoms with Gasteiger partial charge in [-0.15, -0.1) is 0 Å². The van der Waals surface area contributed by atoms with Gasteiger partial charge in [0.2, 0.25) is 0 Å². The first-order chi connectivity index (χ1) is 15.6. The molecule has 1 aromatic carbocycles. The van der Waals surface area contributed by atoms with Crippen LogP contribution < -0.4 is 0 Å². The maximum Gasteiger partial charge on any atom is 0.148 e. The van der Waals surface area contributed by atoms with Crippen molar-refractivity contribution in [3.63, 3.8) is 0 Å². The fourth-order valence-corrected chi connectivity index (χ4v) is 4.87. The van der Waals surface area contributed by atoms with Crippen molar-refractivity contribution in [2.24, 2.45) is 4.99 Å². The highest BCUT2D eigenvalue weighted by molar-refractivity contribution is 5.80. The van der Waals surface area contributed by atoms with Gasteiger partial charge in [0.15, 0.2) is 0 Å². The highest BCUT2D eigenvalue weighted by Gasteiger charge is 2.41. The van der Waals surface area contributed by atoms with Gasteiger partial charge in [0.1, 0.15) is 11.6 Å². The van der Waals surface area contributed by atoms with Crippen molar-refractivity contribution in [3.8, 4) is 5.69 Å². The van der Waals surface area contributed by atoms with E-state index in [1.54, 1.807) is 14.2 Å². The maximum atomic E-state index is 6.33. The van der Waals surface area contributed by atoms with E-state index in [4.69, 9.17) is 14.5 Å². The molecular weight excluding hydrogens is 410 g/mol. The number of methoxy groups -OCH3 is 1. The molecule has 1 saturated heterocycles. The highest BCUT2D eigenvalue weighted by Crippen LogP contribution is 2.43. The first kappa shape index (κ1) is 24.7. The lowest BCUT2D eigenvalue weighted by atomic mass is 9.79. The van der Waals surface area contributed by atoms with Gasteiger partial charge in [0, 0.05) is 31.1 Å². The number of imidazole rings is 1. The molecule has 33 heavy (non-hydrogen) atoms. The molecule has 0 spiro atoms. The summed E-state index contributed by atoms with van der Waals surface area (Å²) in [6, 6.07) is 8.30. The number of benzene rings is 1. The fourth-order valence-electron chi connectivity index (χ4n) is 4.87. The Balaban J connectivity index is 2.18. The quantitative estimate of drug-likeness (QED) is 0.277. The summed E-state index contributed by atoms with van der Waals surface area (Å²) in [6.45, 7) is 14.7. The van der Waals surface area contributed by atoms with Crippen LogP contribution >= 0.6 is 0 Å². The zero-order valence-corrected chi connectivity index (χ0v) is 21.1. The standard InChI is InChI=1S/C28H37N3O2/c1-9-11-25(32-8)23(10-2)26-30-24(21-16-27(3,4)33-28(5,6)17-21)19-31(26)22-14-12-20(13-15-22)18-29-7/h9-15,18-19,21H,2,16-17H2,1,3-8H3/b11-9-,25-23-,29-18?. The molecule has 5 nitrogen and oxygen atoms in total. The molecule has 176 valence electrons. The summed E-state index contributed by atoms with van der Waals surface area (Å²) in [7, 11) is 3.45. The summed E-state index contributed by atoms with van der Waals surface area (Å²) in [5.41, 5.74) is 3.57. The normalized spacial score (nSPS) is 19.1. The number of aromatic nitrogens is 2. The lowest BCUT2D eigenvalue weighted by Crippen LogP contribution is -2.44. The zero-order valence-electron chi connectivity index (χ0n) is 21.1. The molecule has 1 fully saturated rings. The highest BCUT2D eigenvalue weighted by atomic mass is 16.5. The van der Waals surface area contributed by atoms with E-state index < -0.39 is 0 Å². The lowest BCUT2D eigenvalue weighted by Gasteiger charge is -2.45. The van der Waals surface area contributed by atoms with E-state index in [0.29, 0.717) is 0 Å². The average molecular weight is 448 g/mol. The van der Waals surface area contributed by atoms with E-state index in [-0.39, 0.29) is 17.1 Å². The summed E-state index contributed by atoms with van der Waals surface area (Å²) in [5, 5.41) is 0. The van der Waals surface area contributed by atoms with E-state index >= 15 is 0 Å². The smallest absolute Gasteiger partial charge is 0.148 e. The molecule has 0 saturated carbocycles. The van der Waals surface area contributed by atoms with Crippen LogP contribution in [0.1, 0.15) is 70.5 Å². The van der Waals surface area contributed by atoms with Gasteiger partial charge < -0.3 is 9.47 Å². The molecule has 3 rings (SSSR count). The second kappa shape index (κ2) is 9.92. The van der Waals surface area contributed by atoms with Gasteiger partial charge in [-0.1, -0.05) is 30.9 Å². The van der Waals surface area contributed by atoms with Gasteiger partial charge in [-0.3, -0.25) is 9.56 Å². The number of hydrogen-bond donors (Lipinski definition) is 0. The van der Waals surface area contributed by atoms with Crippen molar-refractivity contribution in [1.82, 2.24) is 9.55 Å². The van der Waals surface area contributed by atoms with Crippen molar-refractivity contribution >= 4 is 11.8 Å². The predicted molar refractivity (Wildman–Crippen MR) is 137 cm³/mol. The molecule has 2 heterocycles. The van der Waals surface area contributed by atoms with Crippen LogP contribution in [-0.4, -0.2) is 41.1 Å². The lowest BCUT2D eigenvalue weighted by molar-refractivity contribution is -0.162. The fraction of sp³-hybridized carbons (Fsp3) is 0.429. The van der Waals surface area contributed by atoms with E-state index in [0.717, 1.165) is 46.9 Å². The average Bonchev–Trinajstić information content (AvgIpc) is 3.17. The van der Waals surface area contributed by atoms with Crippen molar-refractivity contribution < 1.29 is 9.47 Å². The van der Waals surface area contributed by atoms with Crippen LogP contribution in [0.5, 0.6) is 0 Å². The maximum absolute atomic E-state index is 6.33. The van der Waals surface area contributed by atoms with E-state index in [9.17, 15) is 0 Å². The molecule has 0 aliphatic carbocycles. The first-order valence-electron chi connectivity index (χ1n) is 11.5. The molecule has 1 aliphatic heterocycles. The topological polar surface area (TPSA) is 48.6 Å². The second-order valence-corrected chi connectivity index (χ2v) is 9.75. The van der Waals surface area contributed by atoms with Crippen LogP contribution in [-0.2, 0) is 9.47 Å². The Kier molecular flexibility index (Phi) is 7.43. The molecule has 1 aliphatic rings. The molecule has 0 atom stereocenters. The monoisotopic (exact) mass is 447 g/mol. The molecule has 0 unspecified atom stereocenters. The second-order valence-electron chi connectivity index (χ2n) is 9.75. The van der Waals surface area contributed by atoms with E-state index in [1.807, 2.05) is 31.4 Å². The van der Waals surface area contributed by atoms with Crippen LogP contribution in [0.15, 0.2) is 66.0 Å². The molecule has 5 heteroatoms. The molecule has 1 aromatic heterocycles. The number of ether oxygens (including phenoxy) is 2. The summed E-state index contributed by atoms with van der Waals surface area (Å²) in [5.74, 6) is 1.83. The zero-order chi connectivity index (χ0) is 24.2. The van der Waals surface area contributed by atoms with Crippen LogP contribution in [0.2, 0.25) is 0 Å². The third kappa shape index (κ3) is 5.72. The van der Waals surface area contributed by atoms with Gasteiger partial charge >= 0.3 is 0 Å². The van der Waals surface area contributed by atoms with Crippen molar-refractivity contribution in [1.29, 1.82) is 0 Å². The summed E-state index contributed by atoms with van der Waals surface area (Å²) in [6.07, 6.45) is 11.6. The van der Waals surface area contributed by atoms with Crippen LogP contribution in [0.25, 0.3) is 11.3 Å². The van der Waals surface area contributed by atoms with Crippen LogP contribution in [0.4, 0.5) is 0 Å². The Morgan fingerprint density at radius 1 is 1.18 bits per heavy atom. The Labute approximate surface area is 198 Å². The number of hydrogen-bond acceptors (Lipinski definition) is 4. The number of rotatable bonds is 7. The van der Waals surface area contributed by atoms with E-state index in [1.165, 1.54) is 0 Å². The number of aliphatic imine (C=N–C) groups is 1. The Bertz CT molecular complexity index is 1050. The van der Waals surface area contributed by atoms with Gasteiger partial charge in [-0.05, 0) is 71.2 Å². The minimum Gasteiger partial charge on any atom is -0.496 e. The molecule has 2 aromatic rings. The van der Waals surface area contributed by atoms with Gasteiger partial charge in [-0.2, -0.15) is 0 Å². The van der Waals surface area contributed by atoms with Gasteiger partial charge in [0.05, 0.1) is 29.6 Å². The third-order valence-electron chi connectivity index (χ3n) is 5.87. The van der Waals surface area contributed by atoms with Crippen molar-refractivity contribution in [2.45, 2.75) is 64.6 Å². The molecule has 0 bridgehead atoms. The van der Waals surface area contributed by atoms with Crippen LogP contribution in [0.3, 0.4) is 0 Å². The Hall–Kier alpha value is -2.92. The summed E-state index contributed by atoms with van der Waals surface area (Å²) >= 11 is 0. The largest absolute Gasteiger partial charge is 0.496 e. The van der Waals surface area contributed by atoms with Crippen LogP contribution in [0, 0.1) is 0 Å². The van der Waals surface area contributed by atoms with Gasteiger partial charge in [0.25, 0.3) is 0 Å². The summed E-state index contributed by atoms with van der Waals surface area (Å²) in [4.78, 5) is 9.27. The minimum absolute atomic E-state index is 0.211. The van der Waals surface area contributed by atoms with Gasteiger partial charge in [-0.25, -0.2) is 4.98 Å². The number of allylic oxidation sites excluding steroid dienone is 4. The Morgan fingerprint density at radius 3 is 2.33 bits per heavy atom. The number of nitrogens with zero attached hydrogens (tertiary/aromatic N) is 3. The first-order valence-corrected chi connectivity index (χ1v) is 11.5.